The fourth-order valence-electron chi connectivity index (χ4n) is 2.97. The minimum atomic E-state index is -2.29. The molecule has 0 fully saturated rings. The molecule has 0 aliphatic carbocycles. The molecular weight excluding hydrogens is 418 g/mol. The smallest absolute Gasteiger partial charge is 0.337 e. The molecule has 0 spiro atoms. The maximum absolute atomic E-state index is 13.5. The number of rotatable bonds is 8. The predicted octanol–water partition coefficient (Wildman–Crippen LogP) is 6.58. The van der Waals surface area contributed by atoms with Crippen molar-refractivity contribution in [3.05, 3.63) is 60.2 Å². The van der Waals surface area contributed by atoms with E-state index in [4.69, 9.17) is 13.9 Å². The van der Waals surface area contributed by atoms with Gasteiger partial charge in [0, 0.05) is 5.69 Å². The van der Waals surface area contributed by atoms with Crippen LogP contribution in [-0.4, -0.2) is 33.1 Å². The number of hydrogen-bond acceptors (Lipinski definition) is 5. The van der Waals surface area contributed by atoms with Gasteiger partial charge in [0.2, 0.25) is 0 Å². The Labute approximate surface area is 194 Å². The lowest BCUT2D eigenvalue weighted by Gasteiger charge is -2.41. The van der Waals surface area contributed by atoms with E-state index in [0.717, 1.165) is 17.0 Å². The molecule has 32 heavy (non-hydrogen) atoms. The molecule has 0 aromatic heterocycles. The van der Waals surface area contributed by atoms with Crippen LogP contribution < -0.4 is 10.1 Å². The number of hydrogen-bond donors (Lipinski definition) is 1. The fourth-order valence-corrected chi connectivity index (χ4v) is 4.19. The van der Waals surface area contributed by atoms with Crippen LogP contribution in [0.25, 0.3) is 0 Å². The first-order valence-corrected chi connectivity index (χ1v) is 14.0. The quantitative estimate of drug-likeness (QED) is 0.358. The minimum Gasteiger partial charge on any atom is -0.497 e. The molecule has 0 aliphatic heterocycles. The summed E-state index contributed by atoms with van der Waals surface area (Å²) in [6.07, 6.45) is -0.806. The molecule has 0 unspecified atom stereocenters. The van der Waals surface area contributed by atoms with Crippen LogP contribution in [0.5, 0.6) is 5.75 Å². The molecule has 2 rings (SSSR count). The molecule has 2 aromatic rings. The highest BCUT2D eigenvalue weighted by Gasteiger charge is 2.44. The van der Waals surface area contributed by atoms with Crippen molar-refractivity contribution in [3.63, 3.8) is 0 Å². The molecule has 6 heteroatoms. The third-order valence-electron chi connectivity index (χ3n) is 5.74. The van der Waals surface area contributed by atoms with Gasteiger partial charge in [0.25, 0.3) is 0 Å². The van der Waals surface area contributed by atoms with Crippen LogP contribution in [0.4, 0.5) is 5.69 Å². The summed E-state index contributed by atoms with van der Waals surface area (Å²) in [6.45, 7) is 16.4. The molecule has 5 nitrogen and oxygen atoms in total. The van der Waals surface area contributed by atoms with Crippen LogP contribution in [0.2, 0.25) is 18.1 Å². The van der Waals surface area contributed by atoms with Crippen molar-refractivity contribution >= 4 is 20.0 Å². The number of benzene rings is 2. The van der Waals surface area contributed by atoms with E-state index in [0.29, 0.717) is 0 Å². The summed E-state index contributed by atoms with van der Waals surface area (Å²) in [7, 11) is -0.655. The van der Waals surface area contributed by atoms with Crippen LogP contribution in [0.3, 0.4) is 0 Å². The first kappa shape index (κ1) is 25.9. The molecule has 1 N–H and O–H groups in total. The number of methoxy groups -OCH3 is 1. The average molecular weight is 458 g/mol. The third-order valence-corrected chi connectivity index (χ3v) is 10.2. The van der Waals surface area contributed by atoms with Gasteiger partial charge in [0.1, 0.15) is 11.4 Å². The Morgan fingerprint density at radius 2 is 1.47 bits per heavy atom. The Morgan fingerprint density at radius 1 is 0.906 bits per heavy atom. The Hall–Kier alpha value is -2.31. The van der Waals surface area contributed by atoms with Gasteiger partial charge in [-0.25, -0.2) is 4.79 Å². The van der Waals surface area contributed by atoms with E-state index >= 15 is 0 Å². The molecule has 176 valence electrons. The van der Waals surface area contributed by atoms with Gasteiger partial charge in [0.05, 0.1) is 13.2 Å². The summed E-state index contributed by atoms with van der Waals surface area (Å²) >= 11 is 0. The van der Waals surface area contributed by atoms with E-state index in [2.05, 4.69) is 39.2 Å². The maximum atomic E-state index is 13.5. The summed E-state index contributed by atoms with van der Waals surface area (Å²) in [5, 5.41) is 3.47. The summed E-state index contributed by atoms with van der Waals surface area (Å²) in [6, 6.07) is 17.1. The summed E-state index contributed by atoms with van der Waals surface area (Å²) < 4.78 is 17.8. The zero-order chi connectivity index (χ0) is 24.2. The number of ether oxygens (including phenoxy) is 2. The number of nitrogens with one attached hydrogen (secondary N) is 1. The Kier molecular flexibility index (Phi) is 8.18. The Balaban J connectivity index is 2.52. The number of anilines is 1. The zero-order valence-corrected chi connectivity index (χ0v) is 22.0. The number of carbonyl (C=O) groups is 1. The Morgan fingerprint density at radius 3 is 1.94 bits per heavy atom. The SMILES string of the molecule is COc1ccc(N[C@@H](c2ccccc2)[C@@H](O[Si](C)(C)C(C)(C)C)C(=O)OC(C)(C)C)cc1. The standard InChI is InChI=1S/C26H39NO4Si/c1-25(2,3)30-24(28)23(31-32(8,9)26(4,5)6)22(19-13-11-10-12-14-19)27-20-15-17-21(29-7)18-16-20/h10-18,22-23,27H,1-9H3/t22-,23+/m0/s1. The second kappa shape index (κ2) is 10.1. The van der Waals surface area contributed by atoms with E-state index in [1.807, 2.05) is 75.4 Å². The van der Waals surface area contributed by atoms with Crippen molar-refractivity contribution in [1.82, 2.24) is 0 Å². The van der Waals surface area contributed by atoms with Crippen molar-refractivity contribution < 1.29 is 18.7 Å². The normalized spacial score (nSPS) is 14.4. The monoisotopic (exact) mass is 457 g/mol. The van der Waals surface area contributed by atoms with Crippen LogP contribution in [-0.2, 0) is 14.0 Å². The van der Waals surface area contributed by atoms with Crippen LogP contribution in [0.1, 0.15) is 53.1 Å². The van der Waals surface area contributed by atoms with Gasteiger partial charge < -0.3 is 19.2 Å². The minimum absolute atomic E-state index is 0.0609. The van der Waals surface area contributed by atoms with E-state index < -0.39 is 26.1 Å². The van der Waals surface area contributed by atoms with Gasteiger partial charge in [0.15, 0.2) is 14.4 Å². The first-order chi connectivity index (χ1) is 14.7. The summed E-state index contributed by atoms with van der Waals surface area (Å²) in [5.74, 6) is 0.408. The van der Waals surface area contributed by atoms with Gasteiger partial charge in [-0.1, -0.05) is 51.1 Å². The molecule has 0 saturated carbocycles. The van der Waals surface area contributed by atoms with E-state index in [9.17, 15) is 4.79 Å². The predicted molar refractivity (Wildman–Crippen MR) is 134 cm³/mol. The van der Waals surface area contributed by atoms with Gasteiger partial charge in [-0.05, 0) is 68.7 Å². The van der Waals surface area contributed by atoms with Crippen molar-refractivity contribution in [3.8, 4) is 5.75 Å². The van der Waals surface area contributed by atoms with Crippen LogP contribution in [0.15, 0.2) is 54.6 Å². The molecule has 0 heterocycles. The van der Waals surface area contributed by atoms with E-state index in [1.165, 1.54) is 0 Å². The third kappa shape index (κ3) is 7.10. The van der Waals surface area contributed by atoms with Crippen molar-refractivity contribution in [2.24, 2.45) is 0 Å². The van der Waals surface area contributed by atoms with Gasteiger partial charge in [-0.15, -0.1) is 0 Å². The second-order valence-electron chi connectivity index (χ2n) is 10.6. The van der Waals surface area contributed by atoms with E-state index in [1.54, 1.807) is 7.11 Å². The lowest BCUT2D eigenvalue weighted by molar-refractivity contribution is -0.164. The van der Waals surface area contributed by atoms with Crippen LogP contribution in [0, 0.1) is 0 Å². The number of carbonyl (C=O) groups excluding carboxylic acids is 1. The lowest BCUT2D eigenvalue weighted by Crippen LogP contribution is -2.50. The summed E-state index contributed by atoms with van der Waals surface area (Å²) in [4.78, 5) is 13.5. The highest BCUT2D eigenvalue weighted by Crippen LogP contribution is 2.40. The van der Waals surface area contributed by atoms with Gasteiger partial charge in [-0.2, -0.15) is 0 Å². The first-order valence-electron chi connectivity index (χ1n) is 11.1. The second-order valence-corrected chi connectivity index (χ2v) is 15.3. The lowest BCUT2D eigenvalue weighted by atomic mass is 10.0. The molecule has 0 saturated heterocycles. The summed E-state index contributed by atoms with van der Waals surface area (Å²) in [5.41, 5.74) is 1.21. The molecule has 2 atom stereocenters. The van der Waals surface area contributed by atoms with Crippen molar-refractivity contribution in [2.45, 2.75) is 77.4 Å². The topological polar surface area (TPSA) is 56.8 Å². The van der Waals surface area contributed by atoms with Crippen molar-refractivity contribution in [2.75, 3.05) is 12.4 Å². The maximum Gasteiger partial charge on any atom is 0.337 e. The zero-order valence-electron chi connectivity index (χ0n) is 21.0. The fraction of sp³-hybridized carbons (Fsp3) is 0.500. The molecule has 2 aromatic carbocycles. The van der Waals surface area contributed by atoms with Gasteiger partial charge in [-0.3, -0.25) is 0 Å². The number of esters is 1. The average Bonchev–Trinajstić information content (AvgIpc) is 2.69. The largest absolute Gasteiger partial charge is 0.497 e. The van der Waals surface area contributed by atoms with Crippen LogP contribution >= 0.6 is 0 Å². The van der Waals surface area contributed by atoms with E-state index in [-0.39, 0.29) is 11.0 Å². The molecule has 0 bridgehead atoms. The molecule has 0 amide bonds. The highest BCUT2D eigenvalue weighted by molar-refractivity contribution is 6.74. The van der Waals surface area contributed by atoms with Gasteiger partial charge >= 0.3 is 5.97 Å². The molecular formula is C26H39NO4Si. The molecule has 0 aliphatic rings. The molecule has 0 radical (unpaired) electrons. The Bertz CT molecular complexity index is 867. The van der Waals surface area contributed by atoms with Crippen molar-refractivity contribution in [1.29, 1.82) is 0 Å². The highest BCUT2D eigenvalue weighted by atomic mass is 28.4.